The Morgan fingerprint density at radius 3 is 1.72 bits per heavy atom. The van der Waals surface area contributed by atoms with Crippen molar-refractivity contribution in [2.75, 3.05) is 4.90 Å². The van der Waals surface area contributed by atoms with Crippen LogP contribution >= 0.6 is 0 Å². The Hall–Kier alpha value is -8.00. The first-order valence-corrected chi connectivity index (χ1v) is 24.3. The van der Waals surface area contributed by atoms with Gasteiger partial charge in [0.05, 0.1) is 11.1 Å². The number of nitrogens with zero attached hydrogens (tertiary/aromatic N) is 1. The predicted molar refractivity (Wildman–Crippen MR) is 293 cm³/mol. The highest BCUT2D eigenvalue weighted by Crippen LogP contribution is 2.60. The molecule has 0 heterocycles. The smallest absolute Gasteiger partial charge is 0.0711 e. The largest absolute Gasteiger partial charge is 0.310 e. The second-order valence-corrected chi connectivity index (χ2v) is 19.2. The molecule has 334 valence electrons. The average molecular weight is 888 g/mol. The molecule has 0 bridgehead atoms. The van der Waals surface area contributed by atoms with Crippen LogP contribution in [0.2, 0.25) is 0 Å². The van der Waals surface area contributed by atoms with Gasteiger partial charge in [0.2, 0.25) is 0 Å². The first-order chi connectivity index (χ1) is 33.7. The monoisotopic (exact) mass is 887 g/mol. The maximum Gasteiger partial charge on any atom is 0.0711 e. The predicted octanol–water partition coefficient (Wildman–Crippen LogP) is 17.7. The lowest BCUT2D eigenvalue weighted by Gasteiger charge is -2.35. The van der Waals surface area contributed by atoms with Crippen molar-refractivity contribution in [3.05, 3.63) is 305 Å². The normalized spacial score (nSPS) is 18.3. The van der Waals surface area contributed by atoms with E-state index >= 15 is 0 Å². The van der Waals surface area contributed by atoms with Crippen LogP contribution in [0.4, 0.5) is 11.4 Å². The van der Waals surface area contributed by atoms with Crippen LogP contribution in [0.3, 0.4) is 0 Å². The molecule has 0 N–H and O–H groups in total. The van der Waals surface area contributed by atoms with Crippen molar-refractivity contribution in [1.82, 2.24) is 0 Å². The van der Waals surface area contributed by atoms with Gasteiger partial charge in [-0.15, -0.1) is 0 Å². The molecule has 0 spiro atoms. The fourth-order valence-corrected chi connectivity index (χ4v) is 12.5. The first-order valence-electron chi connectivity index (χ1n) is 24.3. The van der Waals surface area contributed by atoms with Crippen LogP contribution in [0.1, 0.15) is 79.1 Å². The highest BCUT2D eigenvalue weighted by atomic mass is 15.1. The van der Waals surface area contributed by atoms with E-state index < -0.39 is 5.41 Å². The van der Waals surface area contributed by atoms with Gasteiger partial charge in [-0.2, -0.15) is 0 Å². The van der Waals surface area contributed by atoms with Crippen molar-refractivity contribution in [3.63, 3.8) is 0 Å². The van der Waals surface area contributed by atoms with E-state index in [1.165, 1.54) is 89.0 Å². The van der Waals surface area contributed by atoms with E-state index in [0.29, 0.717) is 0 Å². The van der Waals surface area contributed by atoms with Crippen LogP contribution in [-0.4, -0.2) is 0 Å². The molecule has 69 heavy (non-hydrogen) atoms. The van der Waals surface area contributed by atoms with Gasteiger partial charge in [-0.3, -0.25) is 0 Å². The summed E-state index contributed by atoms with van der Waals surface area (Å²) in [6, 6.07) is 72.2. The molecule has 8 aromatic carbocycles. The van der Waals surface area contributed by atoms with E-state index in [4.69, 9.17) is 6.58 Å². The molecule has 1 nitrogen and oxygen atoms in total. The van der Waals surface area contributed by atoms with Gasteiger partial charge in [0.1, 0.15) is 0 Å². The maximum absolute atomic E-state index is 4.72. The van der Waals surface area contributed by atoms with Crippen LogP contribution in [0.25, 0.3) is 39.0 Å². The van der Waals surface area contributed by atoms with Gasteiger partial charge in [-0.05, 0) is 140 Å². The third-order valence-electron chi connectivity index (χ3n) is 15.5. The summed E-state index contributed by atoms with van der Waals surface area (Å²) in [5, 5.41) is 0. The Balaban J connectivity index is 1.19. The lowest BCUT2D eigenvalue weighted by molar-refractivity contribution is 0.660. The van der Waals surface area contributed by atoms with E-state index in [9.17, 15) is 0 Å². The number of hydrogen-bond donors (Lipinski definition) is 0. The number of benzene rings is 8. The SMILES string of the molecule is C=C/C=C\C(=C/C)C1(C)c2ccccc2-c2c(-c3cccc(N(C(C=C)=C4/C(=C\C)C(c5ccccc5)(c5ccccc5)c5ccccc54)c4ccc5c(c4)C(C)(C)c4ccccc4-5)c3)cccc21. The van der Waals surface area contributed by atoms with Crippen molar-refractivity contribution in [1.29, 1.82) is 0 Å². The van der Waals surface area contributed by atoms with Crippen molar-refractivity contribution in [2.24, 2.45) is 0 Å². The van der Waals surface area contributed by atoms with Crippen molar-refractivity contribution in [3.8, 4) is 33.4 Å². The zero-order valence-electron chi connectivity index (χ0n) is 40.3. The number of allylic oxidation sites excluding steroid dienone is 9. The standard InChI is InChI=1S/C68H57N/c1-8-12-28-47(9-2)67(7)59-39-23-20-35-55(59)64-52(37-26-41-61(64)67)46-27-25-33-50(44-46)69(51-42-43-54-53-34-19-22-38-58(53)66(5,6)62(54)45-51)63(11-4)65-56-36-21-24-40-60(56)68(57(65)10-3,48-29-15-13-16-30-48)49-31-17-14-18-32-49/h8-45H,1,4H2,2-3,5-7H3/b28-12-,47-9+,57-10+,65-63?. The molecule has 8 aromatic rings. The van der Waals surface area contributed by atoms with Crippen LogP contribution in [0, 0.1) is 0 Å². The zero-order valence-corrected chi connectivity index (χ0v) is 40.3. The summed E-state index contributed by atoms with van der Waals surface area (Å²) >= 11 is 0. The molecule has 0 saturated heterocycles. The summed E-state index contributed by atoms with van der Waals surface area (Å²) in [6.45, 7) is 20.2. The first kappa shape index (κ1) is 43.6. The molecule has 0 aliphatic heterocycles. The summed E-state index contributed by atoms with van der Waals surface area (Å²) in [5.41, 5.74) is 23.4. The minimum atomic E-state index is -0.580. The van der Waals surface area contributed by atoms with Crippen molar-refractivity contribution >= 4 is 16.9 Å². The van der Waals surface area contributed by atoms with E-state index in [1.807, 2.05) is 6.08 Å². The van der Waals surface area contributed by atoms with Gasteiger partial charge in [-0.25, -0.2) is 0 Å². The molecule has 0 amide bonds. The van der Waals surface area contributed by atoms with Crippen LogP contribution in [0.5, 0.6) is 0 Å². The molecule has 0 fully saturated rings. The lowest BCUT2D eigenvalue weighted by atomic mass is 9.67. The Morgan fingerprint density at radius 1 is 0.493 bits per heavy atom. The van der Waals surface area contributed by atoms with Crippen LogP contribution < -0.4 is 4.90 Å². The maximum atomic E-state index is 4.72. The van der Waals surface area contributed by atoms with Gasteiger partial charge in [0.15, 0.2) is 0 Å². The highest BCUT2D eigenvalue weighted by Gasteiger charge is 2.49. The van der Waals surface area contributed by atoms with Gasteiger partial charge >= 0.3 is 0 Å². The quantitative estimate of drug-likeness (QED) is 0.124. The summed E-state index contributed by atoms with van der Waals surface area (Å²) in [6.07, 6.45) is 12.8. The Morgan fingerprint density at radius 2 is 1.06 bits per heavy atom. The molecule has 1 atom stereocenters. The molecule has 11 rings (SSSR count). The van der Waals surface area contributed by atoms with Gasteiger partial charge < -0.3 is 4.90 Å². The molecular weight excluding hydrogens is 831 g/mol. The van der Waals surface area contributed by atoms with Crippen molar-refractivity contribution < 1.29 is 0 Å². The van der Waals surface area contributed by atoms with Gasteiger partial charge in [0, 0.05) is 27.8 Å². The third kappa shape index (κ3) is 6.37. The summed E-state index contributed by atoms with van der Waals surface area (Å²) < 4.78 is 0. The molecule has 1 heteroatoms. The second-order valence-electron chi connectivity index (χ2n) is 19.2. The summed E-state index contributed by atoms with van der Waals surface area (Å²) in [7, 11) is 0. The topological polar surface area (TPSA) is 3.24 Å². The van der Waals surface area contributed by atoms with Crippen LogP contribution in [0.15, 0.2) is 261 Å². The van der Waals surface area contributed by atoms with E-state index in [1.54, 1.807) is 0 Å². The third-order valence-corrected chi connectivity index (χ3v) is 15.5. The highest BCUT2D eigenvalue weighted by molar-refractivity contribution is 6.00. The minimum Gasteiger partial charge on any atom is -0.310 e. The Bertz CT molecular complexity index is 3440. The number of rotatable bonds is 10. The van der Waals surface area contributed by atoms with E-state index in [0.717, 1.165) is 22.6 Å². The fourth-order valence-electron chi connectivity index (χ4n) is 12.5. The molecule has 0 radical (unpaired) electrons. The Labute approximate surface area is 409 Å². The molecule has 3 aliphatic carbocycles. The second kappa shape index (κ2) is 17.0. The number of anilines is 2. The number of hydrogen-bond acceptors (Lipinski definition) is 1. The number of fused-ring (bicyclic) bond motifs is 7. The van der Waals surface area contributed by atoms with E-state index in [2.05, 4.69) is 271 Å². The van der Waals surface area contributed by atoms with Gasteiger partial charge in [0.25, 0.3) is 0 Å². The van der Waals surface area contributed by atoms with E-state index in [-0.39, 0.29) is 10.8 Å². The van der Waals surface area contributed by atoms with Crippen LogP contribution in [-0.2, 0) is 16.2 Å². The fraction of sp³-hybridized carbons (Fsp3) is 0.118. The summed E-state index contributed by atoms with van der Waals surface area (Å²) in [5.74, 6) is 0. The van der Waals surface area contributed by atoms with Crippen molar-refractivity contribution in [2.45, 2.75) is 50.9 Å². The molecular formula is C68H57N. The Kier molecular flexibility index (Phi) is 10.7. The lowest BCUT2D eigenvalue weighted by Crippen LogP contribution is -2.29. The minimum absolute atomic E-state index is 0.196. The molecule has 0 saturated carbocycles. The molecule has 0 aromatic heterocycles. The molecule has 3 aliphatic rings. The molecule has 1 unspecified atom stereocenters. The van der Waals surface area contributed by atoms with Gasteiger partial charge in [-0.1, -0.05) is 227 Å². The average Bonchev–Trinajstić information content (AvgIpc) is 3.94. The summed E-state index contributed by atoms with van der Waals surface area (Å²) in [4.78, 5) is 2.48. The zero-order chi connectivity index (χ0) is 47.5.